The van der Waals surface area contributed by atoms with Crippen molar-refractivity contribution in [3.63, 3.8) is 0 Å². The maximum absolute atomic E-state index is 11.8. The van der Waals surface area contributed by atoms with E-state index >= 15 is 0 Å². The van der Waals surface area contributed by atoms with Crippen molar-refractivity contribution in [1.29, 1.82) is 0 Å². The molecule has 2 aromatic rings. The van der Waals surface area contributed by atoms with Crippen molar-refractivity contribution in [1.82, 2.24) is 14.5 Å². The molecule has 0 amide bonds. The zero-order chi connectivity index (χ0) is 12.5. The summed E-state index contributed by atoms with van der Waals surface area (Å²) in [6.45, 7) is 4.86. The highest BCUT2D eigenvalue weighted by Gasteiger charge is 2.16. The zero-order valence-electron chi connectivity index (χ0n) is 10.5. The lowest BCUT2D eigenvalue weighted by Gasteiger charge is -2.16. The first-order chi connectivity index (χ1) is 8.79. The second-order valence-electron chi connectivity index (χ2n) is 4.57. The Balaban J connectivity index is 2.18. The van der Waals surface area contributed by atoms with Gasteiger partial charge in [-0.25, -0.2) is 4.98 Å². The molecule has 3 rings (SSSR count). The summed E-state index contributed by atoms with van der Waals surface area (Å²) in [7, 11) is 0. The second kappa shape index (κ2) is 4.40. The highest BCUT2D eigenvalue weighted by atomic mass is 16.1. The quantitative estimate of drug-likeness (QED) is 0.801. The average molecular weight is 244 g/mol. The average Bonchev–Trinajstić information content (AvgIpc) is 2.93. The number of hydrogen-bond acceptors (Lipinski definition) is 4. The molecular weight excluding hydrogens is 228 g/mol. The van der Waals surface area contributed by atoms with Crippen LogP contribution in [0.15, 0.2) is 23.3 Å². The summed E-state index contributed by atoms with van der Waals surface area (Å²) in [6.07, 6.45) is 5.84. The number of pyridine rings is 1. The third-order valence-electron chi connectivity index (χ3n) is 3.43. The number of aryl methyl sites for hydroxylation is 1. The van der Waals surface area contributed by atoms with Crippen molar-refractivity contribution >= 4 is 17.0 Å². The first-order valence-corrected chi connectivity index (χ1v) is 6.41. The minimum absolute atomic E-state index is 0.0114. The van der Waals surface area contributed by atoms with Crippen molar-refractivity contribution in [2.75, 3.05) is 18.0 Å². The minimum Gasteiger partial charge on any atom is -0.341 e. The lowest BCUT2D eigenvalue weighted by atomic mass is 10.3. The molecule has 94 valence electrons. The van der Waals surface area contributed by atoms with E-state index < -0.39 is 0 Å². The number of fused-ring (bicyclic) bond motifs is 1. The third kappa shape index (κ3) is 1.75. The Morgan fingerprint density at radius 1 is 1.33 bits per heavy atom. The molecule has 0 radical (unpaired) electrons. The van der Waals surface area contributed by atoms with Gasteiger partial charge >= 0.3 is 0 Å². The van der Waals surface area contributed by atoms with Gasteiger partial charge in [-0.2, -0.15) is 4.98 Å². The predicted octanol–water partition coefficient (Wildman–Crippen LogP) is 1.41. The van der Waals surface area contributed by atoms with E-state index in [9.17, 15) is 4.79 Å². The molecule has 1 fully saturated rings. The molecule has 5 heteroatoms. The molecule has 0 N–H and O–H groups in total. The molecular formula is C13H16N4O. The van der Waals surface area contributed by atoms with Crippen molar-refractivity contribution in [3.05, 3.63) is 28.7 Å². The lowest BCUT2D eigenvalue weighted by Crippen LogP contribution is -2.21. The van der Waals surface area contributed by atoms with Gasteiger partial charge < -0.3 is 9.47 Å². The summed E-state index contributed by atoms with van der Waals surface area (Å²) in [5.74, 6) is 0.743. The van der Waals surface area contributed by atoms with Crippen LogP contribution < -0.4 is 10.3 Å². The zero-order valence-corrected chi connectivity index (χ0v) is 10.5. The van der Waals surface area contributed by atoms with E-state index in [0.717, 1.165) is 31.2 Å². The Morgan fingerprint density at radius 2 is 2.11 bits per heavy atom. The van der Waals surface area contributed by atoms with Gasteiger partial charge in [0.05, 0.1) is 5.39 Å². The summed E-state index contributed by atoms with van der Waals surface area (Å²) in [6, 6.07) is 1.57. The van der Waals surface area contributed by atoms with Crippen molar-refractivity contribution in [3.8, 4) is 0 Å². The maximum Gasteiger partial charge on any atom is 0.227 e. The molecule has 0 bridgehead atoms. The monoisotopic (exact) mass is 244 g/mol. The Kier molecular flexibility index (Phi) is 2.74. The summed E-state index contributed by atoms with van der Waals surface area (Å²) in [4.78, 5) is 22.8. The molecule has 3 heterocycles. The summed E-state index contributed by atoms with van der Waals surface area (Å²) in [5.41, 5.74) is 0.726. The van der Waals surface area contributed by atoms with E-state index in [1.54, 1.807) is 18.5 Å². The fourth-order valence-corrected chi connectivity index (χ4v) is 2.40. The van der Waals surface area contributed by atoms with E-state index in [4.69, 9.17) is 0 Å². The highest BCUT2D eigenvalue weighted by Crippen LogP contribution is 2.17. The van der Waals surface area contributed by atoms with Crippen LogP contribution in [0.1, 0.15) is 19.8 Å². The molecule has 1 saturated heterocycles. The molecule has 1 aliphatic heterocycles. The SMILES string of the molecule is CCn1ccc(=O)c2cnc(N3CCCC3)nc21. The first kappa shape index (κ1) is 11.2. The summed E-state index contributed by atoms with van der Waals surface area (Å²) in [5, 5.41) is 0.599. The molecule has 1 aliphatic rings. The number of nitrogens with zero attached hydrogens (tertiary/aromatic N) is 4. The van der Waals surface area contributed by atoms with Gasteiger partial charge in [0.1, 0.15) is 5.65 Å². The van der Waals surface area contributed by atoms with Crippen LogP contribution in [0.5, 0.6) is 0 Å². The van der Waals surface area contributed by atoms with Gasteiger partial charge in [0.2, 0.25) is 5.95 Å². The van der Waals surface area contributed by atoms with E-state index in [2.05, 4.69) is 14.9 Å². The number of rotatable bonds is 2. The Morgan fingerprint density at radius 3 is 2.83 bits per heavy atom. The van der Waals surface area contributed by atoms with E-state index in [0.29, 0.717) is 5.39 Å². The second-order valence-corrected chi connectivity index (χ2v) is 4.57. The van der Waals surface area contributed by atoms with Gasteiger partial charge in [-0.1, -0.05) is 0 Å². The minimum atomic E-state index is -0.0114. The van der Waals surface area contributed by atoms with Gasteiger partial charge in [-0.15, -0.1) is 0 Å². The summed E-state index contributed by atoms with van der Waals surface area (Å²) >= 11 is 0. The van der Waals surface area contributed by atoms with Crippen molar-refractivity contribution < 1.29 is 0 Å². The molecule has 0 saturated carbocycles. The predicted molar refractivity (Wildman–Crippen MR) is 70.9 cm³/mol. The van der Waals surface area contributed by atoms with Gasteiger partial charge in [0, 0.05) is 38.1 Å². The Hall–Kier alpha value is -1.91. The van der Waals surface area contributed by atoms with Crippen LogP contribution in [0.25, 0.3) is 11.0 Å². The molecule has 0 unspecified atom stereocenters. The van der Waals surface area contributed by atoms with Crippen molar-refractivity contribution in [2.45, 2.75) is 26.3 Å². The highest BCUT2D eigenvalue weighted by molar-refractivity contribution is 5.75. The van der Waals surface area contributed by atoms with Gasteiger partial charge in [0.15, 0.2) is 5.43 Å². The summed E-state index contributed by atoms with van der Waals surface area (Å²) < 4.78 is 1.98. The number of hydrogen-bond donors (Lipinski definition) is 0. The standard InChI is InChI=1S/C13H16N4O/c1-2-16-8-5-11(18)10-9-14-13(15-12(10)16)17-6-3-4-7-17/h5,8-9H,2-4,6-7H2,1H3. The number of anilines is 1. The van der Waals surface area contributed by atoms with Crippen LogP contribution >= 0.6 is 0 Å². The van der Waals surface area contributed by atoms with Crippen LogP contribution in [0, 0.1) is 0 Å². The van der Waals surface area contributed by atoms with Crippen LogP contribution in [0.2, 0.25) is 0 Å². The normalized spacial score (nSPS) is 15.5. The maximum atomic E-state index is 11.8. The van der Waals surface area contributed by atoms with Gasteiger partial charge in [0.25, 0.3) is 0 Å². The van der Waals surface area contributed by atoms with Crippen molar-refractivity contribution in [2.24, 2.45) is 0 Å². The first-order valence-electron chi connectivity index (χ1n) is 6.41. The smallest absolute Gasteiger partial charge is 0.227 e. The molecule has 0 aromatic carbocycles. The van der Waals surface area contributed by atoms with Crippen LogP contribution in [0.3, 0.4) is 0 Å². The van der Waals surface area contributed by atoms with Crippen LogP contribution in [-0.4, -0.2) is 27.6 Å². The fourth-order valence-electron chi connectivity index (χ4n) is 2.40. The largest absolute Gasteiger partial charge is 0.341 e. The molecule has 2 aromatic heterocycles. The third-order valence-corrected chi connectivity index (χ3v) is 3.43. The number of aromatic nitrogens is 3. The Labute approximate surface area is 105 Å². The topological polar surface area (TPSA) is 51.0 Å². The molecule has 0 aliphatic carbocycles. The molecule has 0 atom stereocenters. The van der Waals surface area contributed by atoms with E-state index in [-0.39, 0.29) is 5.43 Å². The fraction of sp³-hybridized carbons (Fsp3) is 0.462. The molecule has 18 heavy (non-hydrogen) atoms. The van der Waals surface area contributed by atoms with Crippen LogP contribution in [0.4, 0.5) is 5.95 Å². The molecule has 0 spiro atoms. The van der Waals surface area contributed by atoms with Gasteiger partial charge in [-0.3, -0.25) is 4.79 Å². The molecule has 5 nitrogen and oxygen atoms in total. The van der Waals surface area contributed by atoms with E-state index in [1.807, 2.05) is 11.5 Å². The Bertz CT molecular complexity index is 628. The van der Waals surface area contributed by atoms with E-state index in [1.165, 1.54) is 12.8 Å². The van der Waals surface area contributed by atoms with Crippen LogP contribution in [-0.2, 0) is 6.54 Å². The lowest BCUT2D eigenvalue weighted by molar-refractivity contribution is 0.771. The van der Waals surface area contributed by atoms with Gasteiger partial charge in [-0.05, 0) is 19.8 Å².